The third-order valence-corrected chi connectivity index (χ3v) is 14.9. The molecular weight excluding hydrogens is 532 g/mol. The maximum absolute atomic E-state index is 11.5. The zero-order valence-electron chi connectivity index (χ0n) is 27.0. The van der Waals surface area contributed by atoms with E-state index in [0.29, 0.717) is 35.2 Å². The summed E-state index contributed by atoms with van der Waals surface area (Å²) in [5, 5.41) is 25.6. The smallest absolute Gasteiger partial charge is 0.335 e. The minimum atomic E-state index is -0.865. The van der Waals surface area contributed by atoms with Gasteiger partial charge in [0.25, 0.3) is 0 Å². The van der Waals surface area contributed by atoms with Crippen molar-refractivity contribution in [2.75, 3.05) is 0 Å². The van der Waals surface area contributed by atoms with E-state index in [0.717, 1.165) is 25.1 Å². The van der Waals surface area contributed by atoms with Crippen LogP contribution < -0.4 is 0 Å². The number of carboxylic acid groups (broad SMARTS) is 1. The molecule has 6 nitrogen and oxygen atoms in total. The third kappa shape index (κ3) is 3.70. The Morgan fingerprint density at radius 1 is 0.930 bits per heavy atom. The third-order valence-electron chi connectivity index (χ3n) is 14.9. The van der Waals surface area contributed by atoms with Gasteiger partial charge >= 0.3 is 5.97 Å². The number of carboxylic acids is 1. The Bertz CT molecular complexity index is 1480. The number of benzene rings is 1. The predicted molar refractivity (Wildman–Crippen MR) is 169 cm³/mol. The number of aromatic carboxylic acids is 1. The number of nitrogens with one attached hydrogen (secondary N) is 1. The average Bonchev–Trinajstić information content (AvgIpc) is 3.63. The Balaban J connectivity index is 1.25. The van der Waals surface area contributed by atoms with Crippen molar-refractivity contribution in [2.45, 2.75) is 105 Å². The second-order valence-corrected chi connectivity index (χ2v) is 16.5. The van der Waals surface area contributed by atoms with Crippen LogP contribution in [0.1, 0.15) is 121 Å². The van der Waals surface area contributed by atoms with Crippen LogP contribution in [0.2, 0.25) is 0 Å². The average molecular weight is 583 g/mol. The summed E-state index contributed by atoms with van der Waals surface area (Å²) < 4.78 is 0. The molecule has 230 valence electrons. The molecule has 0 radical (unpaired) electrons. The van der Waals surface area contributed by atoms with Crippen LogP contribution in [0.15, 0.2) is 42.5 Å². The van der Waals surface area contributed by atoms with Gasteiger partial charge in [0.1, 0.15) is 0 Å². The summed E-state index contributed by atoms with van der Waals surface area (Å²) >= 11 is 0. The largest absolute Gasteiger partial charge is 0.478 e. The highest BCUT2D eigenvalue weighted by atomic mass is 16.4. The normalized spacial score (nSPS) is 43.0. The van der Waals surface area contributed by atoms with Crippen molar-refractivity contribution in [3.8, 4) is 0 Å². The molecule has 7 rings (SSSR count). The minimum Gasteiger partial charge on any atom is -0.478 e. The van der Waals surface area contributed by atoms with E-state index in [2.05, 4.69) is 74.8 Å². The van der Waals surface area contributed by atoms with Crippen molar-refractivity contribution in [3.63, 3.8) is 0 Å². The Labute approximate surface area is 257 Å². The molecule has 0 aliphatic heterocycles. The Hall–Kier alpha value is -2.76. The highest BCUT2D eigenvalue weighted by Gasteiger charge is 2.71. The Kier molecular flexibility index (Phi) is 6.32. The fraction of sp³-hybridized carbons (Fsp3) is 0.676. The SMILES string of the molecule is C=C(C)[C@@H]1CC[C@]2(c3nn[nH]n3)CC[C@]3(C)[C@H](CC[C@@H]4[C@@]5(C)CC=C(c6ccc(C(=O)O)cc6)C(C)(C)[C@@H]5CC[C@]43C)[C@@H]12. The summed E-state index contributed by atoms with van der Waals surface area (Å²) in [6.07, 6.45) is 13.4. The summed E-state index contributed by atoms with van der Waals surface area (Å²) in [5.41, 5.74) is 5.09. The zero-order valence-corrected chi connectivity index (χ0v) is 27.0. The fourth-order valence-electron chi connectivity index (χ4n) is 12.8. The van der Waals surface area contributed by atoms with Crippen molar-refractivity contribution in [1.29, 1.82) is 0 Å². The van der Waals surface area contributed by atoms with Crippen molar-refractivity contribution >= 4 is 11.5 Å². The van der Waals surface area contributed by atoms with Gasteiger partial charge in [-0.25, -0.2) is 4.79 Å². The molecular formula is C37H50N4O2. The van der Waals surface area contributed by atoms with Crippen LogP contribution in [0.5, 0.6) is 0 Å². The van der Waals surface area contributed by atoms with Gasteiger partial charge in [0, 0.05) is 5.41 Å². The molecule has 4 saturated carbocycles. The van der Waals surface area contributed by atoms with Crippen LogP contribution in [0.3, 0.4) is 0 Å². The number of hydrogen-bond acceptors (Lipinski definition) is 4. The van der Waals surface area contributed by atoms with Gasteiger partial charge in [-0.2, -0.15) is 5.21 Å². The second kappa shape index (κ2) is 9.37. The number of fused-ring (bicyclic) bond motifs is 7. The molecule has 0 amide bonds. The summed E-state index contributed by atoms with van der Waals surface area (Å²) in [4.78, 5) is 11.5. The molecule has 0 bridgehead atoms. The number of rotatable bonds is 4. The topological polar surface area (TPSA) is 91.8 Å². The molecule has 6 heteroatoms. The first-order valence-electron chi connectivity index (χ1n) is 16.7. The van der Waals surface area contributed by atoms with E-state index in [4.69, 9.17) is 0 Å². The van der Waals surface area contributed by atoms with E-state index in [1.165, 1.54) is 55.2 Å². The lowest BCUT2D eigenvalue weighted by Gasteiger charge is -2.72. The molecule has 9 atom stereocenters. The van der Waals surface area contributed by atoms with Crippen LogP contribution >= 0.6 is 0 Å². The van der Waals surface area contributed by atoms with E-state index in [1.54, 1.807) is 12.1 Å². The van der Waals surface area contributed by atoms with Crippen LogP contribution in [0, 0.1) is 51.2 Å². The van der Waals surface area contributed by atoms with Gasteiger partial charge in [0.05, 0.1) is 5.56 Å². The number of hydrogen-bond donors (Lipinski definition) is 2. The summed E-state index contributed by atoms with van der Waals surface area (Å²) in [6.45, 7) is 19.7. The quantitative estimate of drug-likeness (QED) is 0.353. The van der Waals surface area contributed by atoms with Crippen molar-refractivity contribution in [2.24, 2.45) is 51.2 Å². The van der Waals surface area contributed by atoms with Gasteiger partial charge in [-0.3, -0.25) is 0 Å². The molecule has 43 heavy (non-hydrogen) atoms. The predicted octanol–water partition coefficient (Wildman–Crippen LogP) is 8.50. The molecule has 4 fully saturated rings. The molecule has 0 saturated heterocycles. The molecule has 2 N–H and O–H groups in total. The van der Waals surface area contributed by atoms with Gasteiger partial charge in [0.15, 0.2) is 5.82 Å². The monoisotopic (exact) mass is 582 g/mol. The van der Waals surface area contributed by atoms with E-state index < -0.39 is 5.97 Å². The van der Waals surface area contributed by atoms with E-state index in [1.807, 2.05) is 12.1 Å². The van der Waals surface area contributed by atoms with Gasteiger partial charge in [-0.05, 0) is 139 Å². The number of H-pyrrole nitrogens is 1. The first kappa shape index (κ1) is 29.0. The fourth-order valence-corrected chi connectivity index (χ4v) is 12.8. The van der Waals surface area contributed by atoms with Crippen LogP contribution in [0.4, 0.5) is 0 Å². The van der Waals surface area contributed by atoms with Crippen LogP contribution in [0.25, 0.3) is 5.57 Å². The number of allylic oxidation sites excluding steroid dienone is 3. The van der Waals surface area contributed by atoms with E-state index >= 15 is 0 Å². The lowest BCUT2D eigenvalue weighted by molar-refractivity contribution is -0.218. The maximum atomic E-state index is 11.5. The molecule has 1 heterocycles. The highest BCUT2D eigenvalue weighted by molar-refractivity contribution is 5.88. The standard InChI is InChI=1S/C37H50N4O2/c1-22(2)25-14-19-37(32-38-40-41-39-32)21-20-35(6)27(30(25)37)12-13-29-34(5)17-15-26(23-8-10-24(11-9-23)31(42)43)33(3,4)28(34)16-18-36(29,35)7/h8-11,15,25,27-30H,1,12-14,16-21H2,2-7H3,(H,42,43)(H,38,39,40,41)/t25-,27+,28-,29+,30+,34-,35+,36+,37-/m0/s1. The lowest BCUT2D eigenvalue weighted by atomic mass is 9.32. The number of aromatic nitrogens is 4. The highest BCUT2D eigenvalue weighted by Crippen LogP contribution is 2.77. The molecule has 1 aromatic heterocycles. The molecule has 2 aromatic rings. The maximum Gasteiger partial charge on any atom is 0.335 e. The van der Waals surface area contributed by atoms with Crippen molar-refractivity contribution < 1.29 is 9.90 Å². The molecule has 0 spiro atoms. The van der Waals surface area contributed by atoms with E-state index in [-0.39, 0.29) is 27.1 Å². The summed E-state index contributed by atoms with van der Waals surface area (Å²) in [5.74, 6) is 3.06. The molecule has 1 aromatic carbocycles. The molecule has 5 aliphatic carbocycles. The number of tetrazole rings is 1. The van der Waals surface area contributed by atoms with Crippen molar-refractivity contribution in [1.82, 2.24) is 20.6 Å². The zero-order chi connectivity index (χ0) is 30.6. The summed E-state index contributed by atoms with van der Waals surface area (Å²) in [6, 6.07) is 7.58. The summed E-state index contributed by atoms with van der Waals surface area (Å²) in [7, 11) is 0. The minimum absolute atomic E-state index is 0.0196. The van der Waals surface area contributed by atoms with Crippen molar-refractivity contribution in [3.05, 3.63) is 59.4 Å². The molecule has 5 aliphatic rings. The number of nitrogens with zero attached hydrogens (tertiary/aromatic N) is 3. The van der Waals surface area contributed by atoms with Gasteiger partial charge in [-0.1, -0.05) is 70.2 Å². The number of aromatic amines is 1. The van der Waals surface area contributed by atoms with Crippen LogP contribution in [-0.2, 0) is 5.41 Å². The van der Waals surface area contributed by atoms with Gasteiger partial charge in [0.2, 0.25) is 0 Å². The lowest BCUT2D eigenvalue weighted by Crippen LogP contribution is -2.65. The molecule has 0 unspecified atom stereocenters. The Morgan fingerprint density at radius 2 is 1.67 bits per heavy atom. The first-order valence-corrected chi connectivity index (χ1v) is 16.7. The van der Waals surface area contributed by atoms with Gasteiger partial charge in [-0.15, -0.1) is 10.2 Å². The second-order valence-electron chi connectivity index (χ2n) is 16.5. The first-order chi connectivity index (χ1) is 20.3. The Morgan fingerprint density at radius 3 is 2.33 bits per heavy atom. The van der Waals surface area contributed by atoms with Crippen LogP contribution in [-0.4, -0.2) is 31.7 Å². The van der Waals surface area contributed by atoms with E-state index in [9.17, 15) is 9.90 Å². The van der Waals surface area contributed by atoms with Gasteiger partial charge < -0.3 is 5.11 Å². The number of carbonyl (C=O) groups is 1.